The van der Waals surface area contributed by atoms with E-state index in [4.69, 9.17) is 20.3 Å². The van der Waals surface area contributed by atoms with Crippen LogP contribution in [0.3, 0.4) is 0 Å². The van der Waals surface area contributed by atoms with E-state index in [2.05, 4.69) is 0 Å². The predicted octanol–water partition coefficient (Wildman–Crippen LogP) is 2.48. The van der Waals surface area contributed by atoms with Gasteiger partial charge in [0.1, 0.15) is 11.4 Å². The first-order chi connectivity index (χ1) is 12.0. The van der Waals surface area contributed by atoms with Gasteiger partial charge in [-0.05, 0) is 43.5 Å². The van der Waals surface area contributed by atoms with Crippen LogP contribution in [0.5, 0.6) is 0 Å². The van der Waals surface area contributed by atoms with Crippen molar-refractivity contribution < 1.29 is 17.9 Å². The number of allylic oxidation sites excluding steroid dienone is 2. The Morgan fingerprint density at radius 2 is 1.73 bits per heavy atom. The molecule has 2 rings (SSSR count). The van der Waals surface area contributed by atoms with Crippen LogP contribution in [0, 0.1) is 0 Å². The highest BCUT2D eigenvalue weighted by Gasteiger charge is 2.49. The molecule has 0 saturated heterocycles. The zero-order chi connectivity index (χ0) is 19.8. The van der Waals surface area contributed by atoms with Crippen molar-refractivity contribution in [2.45, 2.75) is 44.2 Å². The van der Waals surface area contributed by atoms with Crippen LogP contribution in [0.1, 0.15) is 44.2 Å². The van der Waals surface area contributed by atoms with Crippen molar-refractivity contribution >= 4 is 10.0 Å². The van der Waals surface area contributed by atoms with Crippen molar-refractivity contribution in [2.24, 2.45) is 10.9 Å². The summed E-state index contributed by atoms with van der Waals surface area (Å²) in [4.78, 5) is 0.0989. The molecule has 0 amide bonds. The zero-order valence-electron chi connectivity index (χ0n) is 15.9. The normalized spacial score (nSPS) is 24.0. The fourth-order valence-electron chi connectivity index (χ4n) is 3.55. The van der Waals surface area contributed by atoms with Gasteiger partial charge in [-0.1, -0.05) is 31.2 Å². The lowest BCUT2D eigenvalue weighted by Gasteiger charge is -2.42. The summed E-state index contributed by atoms with van der Waals surface area (Å²) >= 11 is 0. The number of rotatable bonds is 6. The Bertz CT molecular complexity index is 814. The van der Waals surface area contributed by atoms with Crippen LogP contribution in [0.4, 0.5) is 0 Å². The lowest BCUT2D eigenvalue weighted by atomic mass is 9.75. The van der Waals surface area contributed by atoms with E-state index in [1.165, 1.54) is 6.08 Å². The summed E-state index contributed by atoms with van der Waals surface area (Å²) in [6, 6.07) is 7.54. The van der Waals surface area contributed by atoms with Crippen LogP contribution >= 0.6 is 0 Å². The van der Waals surface area contributed by atoms with Gasteiger partial charge in [0.25, 0.3) is 0 Å². The third-order valence-electron chi connectivity index (χ3n) is 4.99. The van der Waals surface area contributed by atoms with Gasteiger partial charge in [-0.3, -0.25) is 0 Å². The molecule has 0 heterocycles. The van der Waals surface area contributed by atoms with Crippen molar-refractivity contribution in [1.82, 2.24) is 0 Å². The van der Waals surface area contributed by atoms with E-state index in [-0.39, 0.29) is 4.91 Å². The highest BCUT2D eigenvalue weighted by atomic mass is 32.2. The first-order valence-electron chi connectivity index (χ1n) is 8.45. The number of methoxy groups -OCH3 is 2. The van der Waals surface area contributed by atoms with E-state index in [1.807, 2.05) is 45.0 Å². The molecule has 1 aliphatic carbocycles. The van der Waals surface area contributed by atoms with Gasteiger partial charge in [-0.2, -0.15) is 0 Å². The van der Waals surface area contributed by atoms with E-state index in [1.54, 1.807) is 20.3 Å². The molecular formula is C19H28N2O4S. The first-order valence-corrected chi connectivity index (χ1v) is 9.99. The summed E-state index contributed by atoms with van der Waals surface area (Å²) in [5.41, 5.74) is 6.40. The molecule has 0 saturated carbocycles. The number of ether oxygens (including phenoxy) is 2. The molecule has 1 aliphatic rings. The number of hydrogen-bond acceptors (Lipinski definition) is 5. The molecule has 4 N–H and O–H groups in total. The van der Waals surface area contributed by atoms with E-state index >= 15 is 0 Å². The minimum Gasteiger partial charge on any atom is -0.498 e. The molecule has 26 heavy (non-hydrogen) atoms. The maximum absolute atomic E-state index is 12.3. The van der Waals surface area contributed by atoms with E-state index < -0.39 is 27.1 Å². The molecule has 0 aliphatic heterocycles. The molecule has 2 atom stereocenters. The molecule has 0 radical (unpaired) electrons. The molecule has 0 bridgehead atoms. The molecule has 1 aromatic rings. The number of hydrogen-bond donors (Lipinski definition) is 2. The molecular weight excluding hydrogens is 352 g/mol. The molecule has 0 aromatic heterocycles. The molecule has 7 heteroatoms. The Balaban J connectivity index is 2.70. The largest absolute Gasteiger partial charge is 0.498 e. The fraction of sp³-hybridized carbons (Fsp3) is 0.474. The van der Waals surface area contributed by atoms with Crippen molar-refractivity contribution in [2.75, 3.05) is 14.2 Å². The molecule has 1 aromatic carbocycles. The summed E-state index contributed by atoms with van der Waals surface area (Å²) < 4.78 is 35.9. The van der Waals surface area contributed by atoms with Gasteiger partial charge >= 0.3 is 0 Å². The molecule has 6 nitrogen and oxygen atoms in total. The average molecular weight is 381 g/mol. The number of benzene rings is 1. The smallest absolute Gasteiger partial charge is 0.234 e. The minimum absolute atomic E-state index is 0.0989. The Kier molecular flexibility index (Phi) is 5.68. The predicted molar refractivity (Wildman–Crippen MR) is 103 cm³/mol. The fourth-order valence-corrected chi connectivity index (χ4v) is 4.46. The third-order valence-corrected chi connectivity index (χ3v) is 6.02. The molecule has 0 fully saturated rings. The summed E-state index contributed by atoms with van der Waals surface area (Å²) in [5.74, 6) is -0.0643. The van der Waals surface area contributed by atoms with Gasteiger partial charge in [-0.25, -0.2) is 13.6 Å². The number of primary sulfonamides is 1. The highest BCUT2D eigenvalue weighted by molar-refractivity contribution is 7.93. The average Bonchev–Trinajstić information content (AvgIpc) is 2.58. The lowest BCUT2D eigenvalue weighted by Crippen LogP contribution is -2.45. The Hall–Kier alpha value is -1.67. The van der Waals surface area contributed by atoms with E-state index in [9.17, 15) is 8.42 Å². The van der Waals surface area contributed by atoms with Crippen LogP contribution < -0.4 is 10.9 Å². The van der Waals surface area contributed by atoms with Crippen LogP contribution in [0.25, 0.3) is 0 Å². The topological polar surface area (TPSA) is 105 Å². The minimum atomic E-state index is -3.93. The third kappa shape index (κ3) is 3.57. The molecule has 144 valence electrons. The Morgan fingerprint density at radius 1 is 1.15 bits per heavy atom. The second-order valence-corrected chi connectivity index (χ2v) is 8.63. The highest BCUT2D eigenvalue weighted by Crippen LogP contribution is 2.48. The standard InChI is InChI=1S/C19H28N2O4S/c1-6-19(25-5)16(24-4)12-11-15(26(21,22)23)17(19)13-7-9-14(10-8-13)18(2,3)20/h7-12,17H,6,20H2,1-5H3,(H2,21,22,23). The Morgan fingerprint density at radius 3 is 2.12 bits per heavy atom. The van der Waals surface area contributed by atoms with Crippen molar-refractivity contribution in [3.63, 3.8) is 0 Å². The Labute approximate surface area is 155 Å². The summed E-state index contributed by atoms with van der Waals surface area (Å²) in [5, 5.41) is 5.51. The maximum Gasteiger partial charge on any atom is 0.234 e. The van der Waals surface area contributed by atoms with Gasteiger partial charge in [0.2, 0.25) is 10.0 Å². The summed E-state index contributed by atoms with van der Waals surface area (Å²) in [6.07, 6.45) is 3.61. The number of nitrogens with two attached hydrogens (primary N) is 2. The molecule has 2 unspecified atom stereocenters. The van der Waals surface area contributed by atoms with Crippen LogP contribution in [-0.4, -0.2) is 28.2 Å². The van der Waals surface area contributed by atoms with Crippen LogP contribution in [0.2, 0.25) is 0 Å². The van der Waals surface area contributed by atoms with Gasteiger partial charge in [0, 0.05) is 12.6 Å². The summed E-state index contributed by atoms with van der Waals surface area (Å²) in [6.45, 7) is 5.75. The maximum atomic E-state index is 12.3. The SMILES string of the molecule is CCC1(OC)C(OC)=CC=C(S(N)(=O)=O)C1c1ccc(C(C)(C)N)cc1. The van der Waals surface area contributed by atoms with Crippen molar-refractivity contribution in [3.05, 3.63) is 58.2 Å². The van der Waals surface area contributed by atoms with Gasteiger partial charge in [0.05, 0.1) is 17.9 Å². The summed E-state index contributed by atoms with van der Waals surface area (Å²) in [7, 11) is -0.836. The van der Waals surface area contributed by atoms with Gasteiger partial charge < -0.3 is 15.2 Å². The van der Waals surface area contributed by atoms with E-state index in [0.29, 0.717) is 12.2 Å². The number of sulfonamides is 1. The second kappa shape index (κ2) is 7.15. The van der Waals surface area contributed by atoms with Crippen molar-refractivity contribution in [3.8, 4) is 0 Å². The van der Waals surface area contributed by atoms with E-state index in [0.717, 1.165) is 11.1 Å². The first kappa shape index (κ1) is 20.6. The molecule has 0 spiro atoms. The lowest BCUT2D eigenvalue weighted by molar-refractivity contribution is -0.0351. The van der Waals surface area contributed by atoms with Crippen molar-refractivity contribution in [1.29, 1.82) is 0 Å². The van der Waals surface area contributed by atoms with Crippen LogP contribution in [0.15, 0.2) is 47.1 Å². The van der Waals surface area contributed by atoms with Gasteiger partial charge in [0.15, 0.2) is 0 Å². The quantitative estimate of drug-likeness (QED) is 0.789. The monoisotopic (exact) mass is 380 g/mol. The zero-order valence-corrected chi connectivity index (χ0v) is 16.8. The van der Waals surface area contributed by atoms with Crippen LogP contribution in [-0.2, 0) is 25.0 Å². The second-order valence-electron chi connectivity index (χ2n) is 7.07. The van der Waals surface area contributed by atoms with Gasteiger partial charge in [-0.15, -0.1) is 0 Å².